The summed E-state index contributed by atoms with van der Waals surface area (Å²) in [6.07, 6.45) is 2.76. The molecular formula is C16H30N2O3. The number of hydrogen-bond acceptors (Lipinski definition) is 3. The van der Waals surface area contributed by atoms with Crippen LogP contribution in [0.1, 0.15) is 53.4 Å². The summed E-state index contributed by atoms with van der Waals surface area (Å²) in [6, 6.07) is 0. The lowest BCUT2D eigenvalue weighted by Gasteiger charge is -2.31. The maximum atomic E-state index is 12.3. The molecule has 2 unspecified atom stereocenters. The average Bonchev–Trinajstić information content (AvgIpc) is 2.77. The molecule has 122 valence electrons. The van der Waals surface area contributed by atoms with Crippen molar-refractivity contribution in [1.29, 1.82) is 0 Å². The van der Waals surface area contributed by atoms with Gasteiger partial charge in [-0.3, -0.25) is 9.59 Å². The molecule has 3 N–H and O–H groups in total. The molecule has 5 nitrogen and oxygen atoms in total. The van der Waals surface area contributed by atoms with E-state index in [1.54, 1.807) is 11.8 Å². The number of aliphatic carboxylic acids is 1. The molecule has 0 aliphatic carbocycles. The van der Waals surface area contributed by atoms with E-state index >= 15 is 0 Å². The molecule has 1 aliphatic rings. The molecule has 2 atom stereocenters. The Morgan fingerprint density at radius 3 is 2.38 bits per heavy atom. The van der Waals surface area contributed by atoms with Crippen molar-refractivity contribution in [2.75, 3.05) is 19.6 Å². The van der Waals surface area contributed by atoms with Crippen LogP contribution in [0, 0.1) is 16.7 Å². The fraction of sp³-hybridized carbons (Fsp3) is 0.875. The van der Waals surface area contributed by atoms with E-state index in [4.69, 9.17) is 5.73 Å². The minimum Gasteiger partial charge on any atom is -0.481 e. The van der Waals surface area contributed by atoms with Gasteiger partial charge < -0.3 is 15.7 Å². The second-order valence-corrected chi connectivity index (χ2v) is 7.61. The normalized spacial score (nSPS) is 24.1. The van der Waals surface area contributed by atoms with Gasteiger partial charge in [-0.25, -0.2) is 0 Å². The number of carboxylic acid groups (broad SMARTS) is 1. The molecule has 0 spiro atoms. The first-order chi connectivity index (χ1) is 9.60. The molecule has 1 saturated heterocycles. The smallest absolute Gasteiger partial charge is 0.311 e. The van der Waals surface area contributed by atoms with Gasteiger partial charge in [0.15, 0.2) is 0 Å². The van der Waals surface area contributed by atoms with E-state index in [1.165, 1.54) is 0 Å². The predicted octanol–water partition coefficient (Wildman–Crippen LogP) is 2.10. The zero-order valence-corrected chi connectivity index (χ0v) is 13.8. The summed E-state index contributed by atoms with van der Waals surface area (Å²) in [5, 5.41) is 9.21. The standard InChI is InChI=1S/C16H30N2O3/c1-15(2,3)12(7-9-17)5-6-13(19)18-10-8-16(4,11-18)14(20)21/h12H,5-11,17H2,1-4H3,(H,20,21). The van der Waals surface area contributed by atoms with Gasteiger partial charge in [0, 0.05) is 19.5 Å². The zero-order valence-electron chi connectivity index (χ0n) is 13.8. The quantitative estimate of drug-likeness (QED) is 0.786. The van der Waals surface area contributed by atoms with Gasteiger partial charge in [0.25, 0.3) is 0 Å². The SMILES string of the molecule is CC1(C(=O)O)CCN(C(=O)CCC(CCN)C(C)(C)C)C1. The number of carbonyl (C=O) groups is 2. The Hall–Kier alpha value is -1.10. The third-order valence-electron chi connectivity index (χ3n) is 4.79. The molecule has 1 amide bonds. The molecule has 1 fully saturated rings. The number of nitrogens with zero attached hydrogens (tertiary/aromatic N) is 1. The first-order valence-electron chi connectivity index (χ1n) is 7.81. The minimum absolute atomic E-state index is 0.0752. The van der Waals surface area contributed by atoms with Crippen LogP contribution in [-0.4, -0.2) is 41.5 Å². The van der Waals surface area contributed by atoms with Gasteiger partial charge in [0.05, 0.1) is 5.41 Å². The maximum Gasteiger partial charge on any atom is 0.311 e. The van der Waals surface area contributed by atoms with E-state index in [1.807, 2.05) is 0 Å². The molecule has 1 aliphatic heterocycles. The lowest BCUT2D eigenvalue weighted by Crippen LogP contribution is -2.35. The molecular weight excluding hydrogens is 268 g/mol. The molecule has 0 saturated carbocycles. The highest BCUT2D eigenvalue weighted by molar-refractivity contribution is 5.80. The van der Waals surface area contributed by atoms with E-state index in [9.17, 15) is 14.7 Å². The highest BCUT2D eigenvalue weighted by Gasteiger charge is 2.42. The second-order valence-electron chi connectivity index (χ2n) is 7.61. The number of hydrogen-bond donors (Lipinski definition) is 2. The van der Waals surface area contributed by atoms with Gasteiger partial charge in [-0.05, 0) is 44.1 Å². The summed E-state index contributed by atoms with van der Waals surface area (Å²) in [5.41, 5.74) is 5.02. The molecule has 1 heterocycles. The highest BCUT2D eigenvalue weighted by atomic mass is 16.4. The van der Waals surface area contributed by atoms with Crippen LogP contribution in [0.3, 0.4) is 0 Å². The van der Waals surface area contributed by atoms with Crippen LogP contribution < -0.4 is 5.73 Å². The molecule has 0 aromatic carbocycles. The van der Waals surface area contributed by atoms with Gasteiger partial charge in [-0.2, -0.15) is 0 Å². The fourth-order valence-electron chi connectivity index (χ4n) is 3.02. The largest absolute Gasteiger partial charge is 0.481 e. The molecule has 0 aromatic heterocycles. The molecule has 0 aromatic rings. The maximum absolute atomic E-state index is 12.3. The number of rotatable bonds is 6. The van der Waals surface area contributed by atoms with Gasteiger partial charge in [-0.1, -0.05) is 20.8 Å². The lowest BCUT2D eigenvalue weighted by molar-refractivity contribution is -0.147. The van der Waals surface area contributed by atoms with Gasteiger partial charge in [0.1, 0.15) is 0 Å². The summed E-state index contributed by atoms with van der Waals surface area (Å²) in [5.74, 6) is -0.320. The van der Waals surface area contributed by atoms with Crippen molar-refractivity contribution in [2.24, 2.45) is 22.5 Å². The summed E-state index contributed by atoms with van der Waals surface area (Å²) >= 11 is 0. The Morgan fingerprint density at radius 1 is 1.33 bits per heavy atom. The Balaban J connectivity index is 2.53. The van der Waals surface area contributed by atoms with E-state index in [-0.39, 0.29) is 11.3 Å². The number of likely N-dealkylation sites (tertiary alicyclic amines) is 1. The van der Waals surface area contributed by atoms with Gasteiger partial charge in [0.2, 0.25) is 5.91 Å². The summed E-state index contributed by atoms with van der Waals surface area (Å²) in [4.78, 5) is 25.2. The third kappa shape index (κ3) is 4.70. The molecule has 1 rings (SSSR count). The van der Waals surface area contributed by atoms with Crippen LogP contribution in [0.2, 0.25) is 0 Å². The van der Waals surface area contributed by atoms with Crippen molar-refractivity contribution in [2.45, 2.75) is 53.4 Å². The number of amides is 1. The second kappa shape index (κ2) is 6.77. The van der Waals surface area contributed by atoms with E-state index in [2.05, 4.69) is 20.8 Å². The van der Waals surface area contributed by atoms with Crippen molar-refractivity contribution in [3.8, 4) is 0 Å². The van der Waals surface area contributed by atoms with Gasteiger partial charge >= 0.3 is 5.97 Å². The van der Waals surface area contributed by atoms with Crippen LogP contribution in [0.5, 0.6) is 0 Å². The summed E-state index contributed by atoms with van der Waals surface area (Å²) in [7, 11) is 0. The van der Waals surface area contributed by atoms with E-state index in [0.717, 1.165) is 12.8 Å². The van der Waals surface area contributed by atoms with E-state index in [0.29, 0.717) is 38.4 Å². The van der Waals surface area contributed by atoms with Crippen molar-refractivity contribution in [3.63, 3.8) is 0 Å². The topological polar surface area (TPSA) is 83.6 Å². The van der Waals surface area contributed by atoms with E-state index < -0.39 is 11.4 Å². The van der Waals surface area contributed by atoms with Crippen LogP contribution >= 0.6 is 0 Å². The zero-order chi connectivity index (χ0) is 16.3. The summed E-state index contributed by atoms with van der Waals surface area (Å²) < 4.78 is 0. The average molecular weight is 298 g/mol. The van der Waals surface area contributed by atoms with Crippen LogP contribution in [0.4, 0.5) is 0 Å². The van der Waals surface area contributed by atoms with Crippen molar-refractivity contribution in [1.82, 2.24) is 4.90 Å². The first-order valence-corrected chi connectivity index (χ1v) is 7.81. The Labute approximate surface area is 127 Å². The number of carbonyl (C=O) groups excluding carboxylic acids is 1. The van der Waals surface area contributed by atoms with Crippen LogP contribution in [0.25, 0.3) is 0 Å². The van der Waals surface area contributed by atoms with Crippen LogP contribution in [0.15, 0.2) is 0 Å². The molecule has 0 bridgehead atoms. The Bertz CT molecular complexity index is 389. The number of nitrogens with two attached hydrogens (primary N) is 1. The molecule has 0 radical (unpaired) electrons. The number of carboxylic acids is 1. The molecule has 21 heavy (non-hydrogen) atoms. The Kier molecular flexibility index (Phi) is 5.79. The monoisotopic (exact) mass is 298 g/mol. The Morgan fingerprint density at radius 2 is 1.95 bits per heavy atom. The predicted molar refractivity (Wildman–Crippen MR) is 82.8 cm³/mol. The fourth-order valence-corrected chi connectivity index (χ4v) is 3.02. The van der Waals surface area contributed by atoms with Crippen molar-refractivity contribution >= 4 is 11.9 Å². The van der Waals surface area contributed by atoms with Crippen molar-refractivity contribution < 1.29 is 14.7 Å². The van der Waals surface area contributed by atoms with Gasteiger partial charge in [-0.15, -0.1) is 0 Å². The lowest BCUT2D eigenvalue weighted by atomic mass is 9.76. The minimum atomic E-state index is -0.812. The summed E-state index contributed by atoms with van der Waals surface area (Å²) in [6.45, 7) is 9.77. The highest BCUT2D eigenvalue weighted by Crippen LogP contribution is 2.34. The van der Waals surface area contributed by atoms with Crippen LogP contribution in [-0.2, 0) is 9.59 Å². The first kappa shape index (κ1) is 18.0. The third-order valence-corrected chi connectivity index (χ3v) is 4.79. The van der Waals surface area contributed by atoms with Crippen molar-refractivity contribution in [3.05, 3.63) is 0 Å². The molecule has 5 heteroatoms.